The molecule has 0 aliphatic carbocycles. The number of alkyl halides is 3. The van der Waals surface area contributed by atoms with Crippen LogP contribution in [0.3, 0.4) is 0 Å². The van der Waals surface area contributed by atoms with Crippen LogP contribution in [-0.4, -0.2) is 21.9 Å². The van der Waals surface area contributed by atoms with Crippen LogP contribution >= 0.6 is 12.4 Å². The lowest BCUT2D eigenvalue weighted by Crippen LogP contribution is -2.48. The van der Waals surface area contributed by atoms with E-state index in [2.05, 4.69) is 16.8 Å². The normalized spacial score (nSPS) is 13.7. The summed E-state index contributed by atoms with van der Waals surface area (Å²) >= 11 is 0. The molecule has 0 saturated heterocycles. The summed E-state index contributed by atoms with van der Waals surface area (Å²) in [6, 6.07) is 6.81. The second-order valence-corrected chi connectivity index (χ2v) is 7.04. The zero-order valence-corrected chi connectivity index (χ0v) is 16.2. The van der Waals surface area contributed by atoms with Crippen molar-refractivity contribution in [3.8, 4) is 11.8 Å². The smallest absolute Gasteiger partial charge is 0.396 e. The number of aromatic nitrogens is 1. The van der Waals surface area contributed by atoms with E-state index in [0.29, 0.717) is 11.1 Å². The largest absolute Gasteiger partial charge is 0.418 e. The van der Waals surface area contributed by atoms with Gasteiger partial charge in [-0.05, 0) is 35.6 Å². The minimum atomic E-state index is -4.91. The van der Waals surface area contributed by atoms with Crippen LogP contribution in [0.4, 0.5) is 23.2 Å². The minimum Gasteiger partial charge on any atom is -0.396 e. The number of nitrogens with two attached hydrogens (primary N) is 1. The Hall–Kier alpha value is -2.30. The second-order valence-electron chi connectivity index (χ2n) is 7.04. The third-order valence-corrected chi connectivity index (χ3v) is 4.32. The summed E-state index contributed by atoms with van der Waals surface area (Å²) in [5.41, 5.74) is 2.40. The third kappa shape index (κ3) is 5.60. The maximum Gasteiger partial charge on any atom is 0.418 e. The molecule has 0 fully saturated rings. The van der Waals surface area contributed by atoms with Gasteiger partial charge in [0, 0.05) is 12.6 Å². The first kappa shape index (κ1) is 23.7. The highest BCUT2D eigenvalue weighted by molar-refractivity contribution is 5.85. The van der Waals surface area contributed by atoms with E-state index in [1.54, 1.807) is 0 Å². The Balaban J connectivity index is 0.00000392. The van der Waals surface area contributed by atoms with Crippen LogP contribution in [0.1, 0.15) is 37.8 Å². The van der Waals surface area contributed by atoms with Crippen LogP contribution in [0.5, 0.6) is 0 Å². The average molecular weight is 417 g/mol. The van der Waals surface area contributed by atoms with Crippen molar-refractivity contribution in [3.63, 3.8) is 0 Å². The maximum atomic E-state index is 13.6. The Morgan fingerprint density at radius 2 is 1.86 bits per heavy atom. The van der Waals surface area contributed by atoms with E-state index in [0.717, 1.165) is 0 Å². The van der Waals surface area contributed by atoms with Crippen LogP contribution in [0, 0.1) is 17.7 Å². The number of benzene rings is 1. The molecule has 3 N–H and O–H groups in total. The van der Waals surface area contributed by atoms with Crippen LogP contribution in [0.25, 0.3) is 0 Å². The van der Waals surface area contributed by atoms with Crippen molar-refractivity contribution in [2.24, 2.45) is 0 Å². The molecule has 0 bridgehead atoms. The number of pyridine rings is 1. The monoisotopic (exact) mass is 416 g/mol. The summed E-state index contributed by atoms with van der Waals surface area (Å²) in [7, 11) is 0. The number of hydrogen-bond donors (Lipinski definition) is 2. The molecule has 8 heteroatoms. The Morgan fingerprint density at radius 3 is 2.43 bits per heavy atom. The molecule has 0 aliphatic rings. The van der Waals surface area contributed by atoms with E-state index in [1.165, 1.54) is 56.6 Å². The highest BCUT2D eigenvalue weighted by Crippen LogP contribution is 2.43. The topological polar surface area (TPSA) is 59.1 Å². The summed E-state index contributed by atoms with van der Waals surface area (Å²) in [6.45, 7) is 3.04. The molecule has 28 heavy (non-hydrogen) atoms. The van der Waals surface area contributed by atoms with Gasteiger partial charge in [-0.1, -0.05) is 37.8 Å². The van der Waals surface area contributed by atoms with Crippen LogP contribution in [0.2, 0.25) is 0 Å². The van der Waals surface area contributed by atoms with Gasteiger partial charge in [0.15, 0.2) is 5.60 Å². The van der Waals surface area contributed by atoms with Gasteiger partial charge in [0.1, 0.15) is 5.82 Å². The standard InChI is InChI=1S/C20H20F4N2O.ClH/c1-18(2,15-6-3-7-16(21)11-15)13-19(27,20(22,23)24)9-4-5-14-8-10-26-12-17(14)25;/h3,6-8,10-12,27H,9,13,25H2,1-2H3;1H. The van der Waals surface area contributed by atoms with Crippen LogP contribution in [0.15, 0.2) is 42.7 Å². The van der Waals surface area contributed by atoms with Gasteiger partial charge in [-0.3, -0.25) is 4.98 Å². The third-order valence-electron chi connectivity index (χ3n) is 4.32. The van der Waals surface area contributed by atoms with Crippen molar-refractivity contribution >= 4 is 18.1 Å². The molecule has 1 unspecified atom stereocenters. The van der Waals surface area contributed by atoms with Gasteiger partial charge in [0.2, 0.25) is 0 Å². The summed E-state index contributed by atoms with van der Waals surface area (Å²) in [4.78, 5) is 3.78. The lowest BCUT2D eigenvalue weighted by molar-refractivity contribution is -0.264. The molecular formula is C20H21ClF4N2O. The number of hydrogen-bond acceptors (Lipinski definition) is 3. The predicted octanol–water partition coefficient (Wildman–Crippen LogP) is 4.63. The van der Waals surface area contributed by atoms with Crippen LogP contribution < -0.4 is 5.73 Å². The SMILES string of the molecule is CC(C)(CC(O)(CC#Cc1ccncc1N)C(F)(F)F)c1cccc(F)c1.Cl. The Morgan fingerprint density at radius 1 is 1.18 bits per heavy atom. The van der Waals surface area contributed by atoms with Gasteiger partial charge >= 0.3 is 6.18 Å². The first-order valence-corrected chi connectivity index (χ1v) is 8.18. The number of aliphatic hydroxyl groups is 1. The van der Waals surface area contributed by atoms with E-state index in [-0.39, 0.29) is 18.1 Å². The molecule has 1 atom stereocenters. The van der Waals surface area contributed by atoms with Gasteiger partial charge in [0.25, 0.3) is 0 Å². The average Bonchev–Trinajstić information content (AvgIpc) is 2.55. The first-order valence-electron chi connectivity index (χ1n) is 8.18. The number of nitrogens with zero attached hydrogens (tertiary/aromatic N) is 1. The molecule has 0 radical (unpaired) electrons. The Labute approximate surface area is 167 Å². The van der Waals surface area contributed by atoms with E-state index < -0.39 is 35.9 Å². The zero-order valence-electron chi connectivity index (χ0n) is 15.3. The molecule has 1 aromatic carbocycles. The number of anilines is 1. The van der Waals surface area contributed by atoms with E-state index in [9.17, 15) is 22.7 Å². The molecule has 1 aromatic heterocycles. The molecule has 2 aromatic rings. The second kappa shape index (κ2) is 8.80. The Bertz CT molecular complexity index is 874. The van der Waals surface area contributed by atoms with Crippen LogP contribution in [-0.2, 0) is 5.41 Å². The number of halogens is 5. The lowest BCUT2D eigenvalue weighted by atomic mass is 9.74. The molecule has 1 heterocycles. The number of nitrogen functional groups attached to an aromatic ring is 1. The van der Waals surface area contributed by atoms with Gasteiger partial charge < -0.3 is 10.8 Å². The van der Waals surface area contributed by atoms with E-state index in [1.807, 2.05) is 0 Å². The molecule has 0 aliphatic heterocycles. The minimum absolute atomic E-state index is 0. The van der Waals surface area contributed by atoms with Crippen molar-refractivity contribution < 1.29 is 22.7 Å². The molecule has 0 saturated carbocycles. The van der Waals surface area contributed by atoms with Crippen molar-refractivity contribution in [3.05, 3.63) is 59.7 Å². The number of rotatable bonds is 4. The maximum absolute atomic E-state index is 13.6. The van der Waals surface area contributed by atoms with Gasteiger partial charge in [0.05, 0.1) is 17.4 Å². The summed E-state index contributed by atoms with van der Waals surface area (Å²) in [5, 5.41) is 10.4. The fourth-order valence-electron chi connectivity index (χ4n) is 2.81. The molecular weight excluding hydrogens is 396 g/mol. The Kier molecular flexibility index (Phi) is 7.46. The highest BCUT2D eigenvalue weighted by atomic mass is 35.5. The van der Waals surface area contributed by atoms with Crippen molar-refractivity contribution in [2.75, 3.05) is 5.73 Å². The van der Waals surface area contributed by atoms with Gasteiger partial charge in [-0.25, -0.2) is 4.39 Å². The van der Waals surface area contributed by atoms with E-state index in [4.69, 9.17) is 5.73 Å². The van der Waals surface area contributed by atoms with Crippen molar-refractivity contribution in [2.45, 2.75) is 43.9 Å². The fraction of sp³-hybridized carbons (Fsp3) is 0.350. The molecule has 0 spiro atoms. The first-order chi connectivity index (χ1) is 12.4. The van der Waals surface area contributed by atoms with E-state index >= 15 is 0 Å². The fourth-order valence-corrected chi connectivity index (χ4v) is 2.81. The zero-order chi connectivity index (χ0) is 20.3. The van der Waals surface area contributed by atoms with Crippen molar-refractivity contribution in [1.82, 2.24) is 4.98 Å². The summed E-state index contributed by atoms with van der Waals surface area (Å²) in [6.07, 6.45) is -3.66. The molecule has 3 nitrogen and oxygen atoms in total. The quantitative estimate of drug-likeness (QED) is 0.564. The lowest BCUT2D eigenvalue weighted by Gasteiger charge is -2.37. The van der Waals surface area contributed by atoms with Crippen molar-refractivity contribution in [1.29, 1.82) is 0 Å². The molecule has 2 rings (SSSR count). The highest BCUT2D eigenvalue weighted by Gasteiger charge is 2.55. The molecule has 152 valence electrons. The molecule has 0 amide bonds. The van der Waals surface area contributed by atoms with Gasteiger partial charge in [-0.15, -0.1) is 12.4 Å². The predicted molar refractivity (Wildman–Crippen MR) is 102 cm³/mol. The summed E-state index contributed by atoms with van der Waals surface area (Å²) < 4.78 is 54.3. The van der Waals surface area contributed by atoms with Gasteiger partial charge in [-0.2, -0.15) is 13.2 Å². The summed E-state index contributed by atoms with van der Waals surface area (Å²) in [5.74, 6) is 4.36.